The van der Waals surface area contributed by atoms with Gasteiger partial charge in [0.15, 0.2) is 0 Å². The molecule has 2 aliphatic rings. The van der Waals surface area contributed by atoms with E-state index in [4.69, 9.17) is 0 Å². The van der Waals surface area contributed by atoms with Gasteiger partial charge in [-0.25, -0.2) is 0 Å². The molecular weight excluding hydrogens is 412 g/mol. The van der Waals surface area contributed by atoms with E-state index in [2.05, 4.69) is 6.07 Å². The first-order valence-corrected chi connectivity index (χ1v) is 11.7. The van der Waals surface area contributed by atoms with Crippen molar-refractivity contribution in [2.75, 3.05) is 24.5 Å². The number of rotatable bonds is 3. The molecule has 0 aliphatic carbocycles. The maximum Gasteiger partial charge on any atom is 0.258 e. The molecule has 5 rings (SSSR count). The summed E-state index contributed by atoms with van der Waals surface area (Å²) in [5, 5.41) is 9.79. The molecule has 0 aromatic heterocycles. The number of carbonyl (C=O) groups excluding carboxylic acids is 2. The minimum Gasteiger partial charge on any atom is -0.508 e. The summed E-state index contributed by atoms with van der Waals surface area (Å²) in [5.74, 6) is 0.328. The number of likely N-dealkylation sites (tertiary alicyclic amines) is 1. The minimum absolute atomic E-state index is 0.0182. The number of nitrogens with zero attached hydrogens (tertiary/aromatic N) is 2. The number of anilines is 1. The molecule has 5 nitrogen and oxygen atoms in total. The largest absolute Gasteiger partial charge is 0.508 e. The number of hydrogen-bond acceptors (Lipinski definition) is 3. The summed E-state index contributed by atoms with van der Waals surface area (Å²) in [6.45, 7) is 4.13. The van der Waals surface area contributed by atoms with Crippen LogP contribution in [0.3, 0.4) is 0 Å². The maximum absolute atomic E-state index is 13.2. The fraction of sp³-hybridized carbons (Fsp3) is 0.286. The number of piperidine rings is 1. The van der Waals surface area contributed by atoms with Crippen LogP contribution in [-0.2, 0) is 6.42 Å². The van der Waals surface area contributed by atoms with E-state index >= 15 is 0 Å². The van der Waals surface area contributed by atoms with Gasteiger partial charge in [0.1, 0.15) is 5.75 Å². The summed E-state index contributed by atoms with van der Waals surface area (Å²) < 4.78 is 0. The van der Waals surface area contributed by atoms with Crippen LogP contribution in [0.1, 0.15) is 51.1 Å². The van der Waals surface area contributed by atoms with Crippen molar-refractivity contribution in [3.05, 3.63) is 82.9 Å². The van der Waals surface area contributed by atoms with Crippen molar-refractivity contribution >= 4 is 17.5 Å². The number of aryl methyl sites for hydroxylation is 1. The molecule has 3 aromatic carbocycles. The van der Waals surface area contributed by atoms with E-state index in [1.807, 2.05) is 54.3 Å². The third kappa shape index (κ3) is 4.11. The quantitative estimate of drug-likeness (QED) is 0.609. The molecule has 3 aromatic rings. The first kappa shape index (κ1) is 21.3. The lowest BCUT2D eigenvalue weighted by Crippen LogP contribution is -2.37. The number of hydrogen-bond donors (Lipinski definition) is 1. The molecule has 1 fully saturated rings. The standard InChI is InChI=1S/C28H28N2O3/c1-19-17-24(10-12-26(19)31)30-16-13-23-18-22(9-11-25(23)28(30)33)20-5-7-21(8-6-20)27(32)29-14-3-2-4-15-29/h5-12,17-18,31H,2-4,13-16H2,1H3. The Labute approximate surface area is 194 Å². The second-order valence-electron chi connectivity index (χ2n) is 8.98. The molecule has 2 heterocycles. The average molecular weight is 441 g/mol. The van der Waals surface area contributed by atoms with Crippen LogP contribution >= 0.6 is 0 Å². The second-order valence-corrected chi connectivity index (χ2v) is 8.98. The van der Waals surface area contributed by atoms with Crippen LogP contribution in [0.5, 0.6) is 5.75 Å². The van der Waals surface area contributed by atoms with Gasteiger partial charge < -0.3 is 14.9 Å². The second kappa shape index (κ2) is 8.74. The van der Waals surface area contributed by atoms with Crippen LogP contribution in [0.25, 0.3) is 11.1 Å². The molecule has 0 atom stereocenters. The van der Waals surface area contributed by atoms with E-state index in [0.717, 1.165) is 65.9 Å². The Balaban J connectivity index is 1.35. The normalized spacial score (nSPS) is 16.0. The average Bonchev–Trinajstić information content (AvgIpc) is 2.86. The zero-order valence-electron chi connectivity index (χ0n) is 18.9. The third-order valence-corrected chi connectivity index (χ3v) is 6.79. The number of aromatic hydroxyl groups is 1. The lowest BCUT2D eigenvalue weighted by Gasteiger charge is -2.29. The van der Waals surface area contributed by atoms with Gasteiger partial charge in [-0.05, 0) is 91.3 Å². The van der Waals surface area contributed by atoms with E-state index in [1.54, 1.807) is 17.0 Å². The third-order valence-electron chi connectivity index (χ3n) is 6.79. The van der Waals surface area contributed by atoms with Crippen LogP contribution in [-0.4, -0.2) is 41.5 Å². The summed E-state index contributed by atoms with van der Waals surface area (Å²) in [4.78, 5) is 29.6. The van der Waals surface area contributed by atoms with Crippen molar-refractivity contribution < 1.29 is 14.7 Å². The topological polar surface area (TPSA) is 60.9 Å². The zero-order chi connectivity index (χ0) is 22.9. The van der Waals surface area contributed by atoms with Crippen LogP contribution in [0.15, 0.2) is 60.7 Å². The van der Waals surface area contributed by atoms with Gasteiger partial charge in [0.2, 0.25) is 0 Å². The van der Waals surface area contributed by atoms with Gasteiger partial charge in [0.05, 0.1) is 0 Å². The van der Waals surface area contributed by atoms with E-state index in [9.17, 15) is 14.7 Å². The predicted molar refractivity (Wildman–Crippen MR) is 130 cm³/mol. The molecule has 1 saturated heterocycles. The minimum atomic E-state index is -0.0182. The highest BCUT2D eigenvalue weighted by atomic mass is 16.3. The summed E-state index contributed by atoms with van der Waals surface area (Å²) in [5.41, 5.74) is 6.13. The van der Waals surface area contributed by atoms with Crippen molar-refractivity contribution in [1.82, 2.24) is 4.90 Å². The highest BCUT2D eigenvalue weighted by Gasteiger charge is 2.26. The summed E-state index contributed by atoms with van der Waals surface area (Å²) >= 11 is 0. The Kier molecular flexibility index (Phi) is 5.63. The number of phenols is 1. The van der Waals surface area contributed by atoms with Gasteiger partial charge in [0, 0.05) is 36.4 Å². The van der Waals surface area contributed by atoms with Gasteiger partial charge in [-0.1, -0.05) is 24.3 Å². The molecule has 0 radical (unpaired) electrons. The van der Waals surface area contributed by atoms with E-state index in [-0.39, 0.29) is 17.6 Å². The van der Waals surface area contributed by atoms with Gasteiger partial charge in [-0.15, -0.1) is 0 Å². The Morgan fingerprint density at radius 1 is 0.848 bits per heavy atom. The molecule has 0 spiro atoms. The fourth-order valence-electron chi connectivity index (χ4n) is 4.81. The molecule has 0 unspecified atom stereocenters. The van der Waals surface area contributed by atoms with E-state index in [0.29, 0.717) is 12.1 Å². The van der Waals surface area contributed by atoms with Crippen LogP contribution in [0.4, 0.5) is 5.69 Å². The van der Waals surface area contributed by atoms with Crippen molar-refractivity contribution in [3.63, 3.8) is 0 Å². The lowest BCUT2D eigenvalue weighted by atomic mass is 9.93. The fourth-order valence-corrected chi connectivity index (χ4v) is 4.81. The highest BCUT2D eigenvalue weighted by Crippen LogP contribution is 2.31. The van der Waals surface area contributed by atoms with Crippen LogP contribution < -0.4 is 4.90 Å². The SMILES string of the molecule is Cc1cc(N2CCc3cc(-c4ccc(C(=O)N5CCCCC5)cc4)ccc3C2=O)ccc1O. The van der Waals surface area contributed by atoms with Crippen LogP contribution in [0.2, 0.25) is 0 Å². The number of benzene rings is 3. The highest BCUT2D eigenvalue weighted by molar-refractivity contribution is 6.08. The predicted octanol–water partition coefficient (Wildman–Crippen LogP) is 5.20. The maximum atomic E-state index is 13.2. The number of phenolic OH excluding ortho intramolecular Hbond substituents is 1. The molecule has 1 N–H and O–H groups in total. The van der Waals surface area contributed by atoms with Crippen molar-refractivity contribution in [3.8, 4) is 16.9 Å². The Morgan fingerprint density at radius 2 is 1.58 bits per heavy atom. The summed E-state index contributed by atoms with van der Waals surface area (Å²) in [6.07, 6.45) is 4.14. The molecule has 0 saturated carbocycles. The van der Waals surface area contributed by atoms with Crippen molar-refractivity contribution in [2.24, 2.45) is 0 Å². The van der Waals surface area contributed by atoms with Crippen molar-refractivity contribution in [1.29, 1.82) is 0 Å². The van der Waals surface area contributed by atoms with Gasteiger partial charge >= 0.3 is 0 Å². The molecule has 2 amide bonds. The lowest BCUT2D eigenvalue weighted by molar-refractivity contribution is 0.0724. The number of amides is 2. The molecule has 168 valence electrons. The monoisotopic (exact) mass is 440 g/mol. The first-order valence-electron chi connectivity index (χ1n) is 11.7. The summed E-state index contributed by atoms with van der Waals surface area (Å²) in [6, 6.07) is 19.0. The Morgan fingerprint density at radius 3 is 2.30 bits per heavy atom. The van der Waals surface area contributed by atoms with Crippen LogP contribution in [0, 0.1) is 6.92 Å². The Hall–Kier alpha value is -3.60. The number of carbonyl (C=O) groups is 2. The smallest absolute Gasteiger partial charge is 0.258 e. The molecule has 0 bridgehead atoms. The molecule has 2 aliphatic heterocycles. The Bertz CT molecular complexity index is 1210. The molecule has 5 heteroatoms. The molecular formula is C28H28N2O3. The van der Waals surface area contributed by atoms with Gasteiger partial charge in [-0.2, -0.15) is 0 Å². The first-order chi connectivity index (χ1) is 16.0. The zero-order valence-corrected chi connectivity index (χ0v) is 18.9. The van der Waals surface area contributed by atoms with E-state index in [1.165, 1.54) is 6.42 Å². The van der Waals surface area contributed by atoms with Crippen molar-refractivity contribution in [2.45, 2.75) is 32.6 Å². The summed E-state index contributed by atoms with van der Waals surface area (Å²) in [7, 11) is 0. The number of fused-ring (bicyclic) bond motifs is 1. The van der Waals surface area contributed by atoms with Gasteiger partial charge in [-0.3, -0.25) is 9.59 Å². The molecule has 33 heavy (non-hydrogen) atoms. The van der Waals surface area contributed by atoms with Gasteiger partial charge in [0.25, 0.3) is 11.8 Å². The van der Waals surface area contributed by atoms with E-state index < -0.39 is 0 Å².